The molecule has 3 atom stereocenters. The maximum Gasteiger partial charge on any atom is 0.251 e. The third-order valence-corrected chi connectivity index (χ3v) is 3.89. The van der Waals surface area contributed by atoms with Crippen LogP contribution in [-0.4, -0.2) is 29.4 Å². The molecule has 2 aliphatic heterocycles. The molecule has 3 heterocycles. The second kappa shape index (κ2) is 4.80. The zero-order valence-corrected chi connectivity index (χ0v) is 10.3. The molecule has 2 N–H and O–H groups in total. The van der Waals surface area contributed by atoms with E-state index >= 15 is 0 Å². The van der Waals surface area contributed by atoms with Crippen LogP contribution in [0.15, 0.2) is 23.0 Å². The normalized spacial score (nSPS) is 30.3. The third-order valence-electron chi connectivity index (χ3n) is 3.89. The molecule has 0 radical (unpaired) electrons. The second-order valence-corrected chi connectivity index (χ2v) is 4.76. The Balaban J connectivity index is 0.00000108. The molecule has 0 unspecified atom stereocenters. The number of piperidine rings is 1. The van der Waals surface area contributed by atoms with Crippen molar-refractivity contribution in [2.45, 2.75) is 18.4 Å². The summed E-state index contributed by atoms with van der Waals surface area (Å²) >= 11 is 0. The van der Waals surface area contributed by atoms with Gasteiger partial charge in [0.05, 0.1) is 12.6 Å². The number of aliphatic hydroxyl groups excluding tert-OH is 1. The summed E-state index contributed by atoms with van der Waals surface area (Å²) in [6.07, 6.45) is 1.08. The number of aliphatic hydroxyl groups is 1. The Morgan fingerprint density at radius 2 is 2.24 bits per heavy atom. The first kappa shape index (κ1) is 12.6. The van der Waals surface area contributed by atoms with Crippen LogP contribution in [0.1, 0.15) is 24.1 Å². The van der Waals surface area contributed by atoms with Crippen molar-refractivity contribution >= 4 is 12.4 Å². The lowest BCUT2D eigenvalue weighted by atomic mass is 9.79. The number of hydrogen-bond donors (Lipinski definition) is 2. The first-order chi connectivity index (χ1) is 7.81. The second-order valence-electron chi connectivity index (χ2n) is 4.76. The van der Waals surface area contributed by atoms with Gasteiger partial charge in [0.25, 0.3) is 5.56 Å². The molecule has 0 spiro atoms. The highest BCUT2D eigenvalue weighted by molar-refractivity contribution is 5.85. The van der Waals surface area contributed by atoms with Gasteiger partial charge < -0.3 is 15.0 Å². The van der Waals surface area contributed by atoms with E-state index < -0.39 is 0 Å². The third kappa shape index (κ3) is 1.90. The van der Waals surface area contributed by atoms with Gasteiger partial charge in [0.1, 0.15) is 0 Å². The number of nitrogens with one attached hydrogen (secondary N) is 1. The Bertz CT molecular complexity index is 460. The van der Waals surface area contributed by atoms with E-state index in [1.54, 1.807) is 10.6 Å². The Morgan fingerprint density at radius 1 is 1.41 bits per heavy atom. The number of pyridine rings is 1. The van der Waals surface area contributed by atoms with Crippen LogP contribution >= 0.6 is 12.4 Å². The molecule has 4 nitrogen and oxygen atoms in total. The van der Waals surface area contributed by atoms with Gasteiger partial charge in [-0.2, -0.15) is 0 Å². The van der Waals surface area contributed by atoms with E-state index in [-0.39, 0.29) is 30.6 Å². The lowest BCUT2D eigenvalue weighted by molar-refractivity contribution is 0.123. The zero-order valence-electron chi connectivity index (χ0n) is 9.50. The van der Waals surface area contributed by atoms with Crippen LogP contribution in [0, 0.1) is 5.92 Å². The predicted octanol–water partition coefficient (Wildman–Crippen LogP) is 0.510. The molecule has 2 aliphatic rings. The van der Waals surface area contributed by atoms with E-state index in [1.807, 2.05) is 12.1 Å². The van der Waals surface area contributed by atoms with Crippen molar-refractivity contribution in [1.29, 1.82) is 0 Å². The number of nitrogens with zero attached hydrogens (tertiary/aromatic N) is 1. The number of halogens is 1. The molecule has 2 bridgehead atoms. The average molecular weight is 257 g/mol. The van der Waals surface area contributed by atoms with Crippen LogP contribution in [0.25, 0.3) is 0 Å². The van der Waals surface area contributed by atoms with E-state index in [0.717, 1.165) is 25.2 Å². The van der Waals surface area contributed by atoms with Gasteiger partial charge in [0.15, 0.2) is 0 Å². The van der Waals surface area contributed by atoms with E-state index in [4.69, 9.17) is 0 Å². The SMILES string of the molecule is Cl.O=c1cccc2n1[C@@H](CO)[C@@H]1CNC[C@H]2C1. The zero-order chi connectivity index (χ0) is 11.1. The van der Waals surface area contributed by atoms with Crippen molar-refractivity contribution in [2.24, 2.45) is 5.92 Å². The van der Waals surface area contributed by atoms with E-state index in [1.165, 1.54) is 0 Å². The van der Waals surface area contributed by atoms with Crippen molar-refractivity contribution in [3.8, 4) is 0 Å². The minimum atomic E-state index is -0.0484. The van der Waals surface area contributed by atoms with Crippen LogP contribution in [-0.2, 0) is 0 Å². The molecule has 17 heavy (non-hydrogen) atoms. The molecule has 0 amide bonds. The van der Waals surface area contributed by atoms with Crippen LogP contribution in [0.3, 0.4) is 0 Å². The van der Waals surface area contributed by atoms with Gasteiger partial charge in [-0.05, 0) is 18.4 Å². The minimum absolute atomic E-state index is 0. The molecular weight excluding hydrogens is 240 g/mol. The summed E-state index contributed by atoms with van der Waals surface area (Å²) in [5, 5.41) is 12.9. The van der Waals surface area contributed by atoms with Crippen LogP contribution < -0.4 is 10.9 Å². The molecule has 0 saturated carbocycles. The molecule has 1 saturated heterocycles. The molecule has 1 aromatic heterocycles. The Labute approximate surface area is 106 Å². The summed E-state index contributed by atoms with van der Waals surface area (Å²) in [6.45, 7) is 1.90. The first-order valence-electron chi connectivity index (χ1n) is 5.84. The van der Waals surface area contributed by atoms with Crippen LogP contribution in [0.4, 0.5) is 0 Å². The summed E-state index contributed by atoms with van der Waals surface area (Å²) in [6, 6.07) is 5.36. The van der Waals surface area contributed by atoms with Crippen molar-refractivity contribution in [1.82, 2.24) is 9.88 Å². The predicted molar refractivity (Wildman–Crippen MR) is 67.8 cm³/mol. The number of fused-ring (bicyclic) bond motifs is 4. The van der Waals surface area contributed by atoms with Crippen molar-refractivity contribution in [3.05, 3.63) is 34.2 Å². The molecule has 1 fully saturated rings. The van der Waals surface area contributed by atoms with Crippen LogP contribution in [0.5, 0.6) is 0 Å². The fourth-order valence-corrected chi connectivity index (χ4v) is 3.14. The van der Waals surface area contributed by atoms with Gasteiger partial charge in [0, 0.05) is 30.8 Å². The van der Waals surface area contributed by atoms with Crippen molar-refractivity contribution in [2.75, 3.05) is 19.7 Å². The number of hydrogen-bond acceptors (Lipinski definition) is 3. The van der Waals surface area contributed by atoms with Crippen LogP contribution in [0.2, 0.25) is 0 Å². The van der Waals surface area contributed by atoms with Crippen molar-refractivity contribution in [3.63, 3.8) is 0 Å². The molecule has 5 heteroatoms. The topological polar surface area (TPSA) is 54.3 Å². The molecule has 3 rings (SSSR count). The molecule has 0 aromatic carbocycles. The summed E-state index contributed by atoms with van der Waals surface area (Å²) in [7, 11) is 0. The number of rotatable bonds is 1. The molecule has 1 aromatic rings. The lowest BCUT2D eigenvalue weighted by Crippen LogP contribution is -2.48. The highest BCUT2D eigenvalue weighted by Gasteiger charge is 2.37. The Hall–Kier alpha value is -0.840. The van der Waals surface area contributed by atoms with E-state index in [0.29, 0.717) is 11.8 Å². The van der Waals surface area contributed by atoms with Crippen molar-refractivity contribution < 1.29 is 5.11 Å². The summed E-state index contributed by atoms with van der Waals surface area (Å²) < 4.78 is 1.81. The molecule has 94 valence electrons. The standard InChI is InChI=1S/C12H16N2O2.ClH/c15-7-11-9-4-8(5-13-6-9)10-2-1-3-12(16)14(10)11;/h1-3,8-9,11,13,15H,4-7H2;1H/t8-,9+,11+;/m1./s1. The Morgan fingerprint density at radius 3 is 3.00 bits per heavy atom. The summed E-state index contributed by atoms with van der Waals surface area (Å²) in [5.74, 6) is 0.812. The highest BCUT2D eigenvalue weighted by atomic mass is 35.5. The van der Waals surface area contributed by atoms with Gasteiger partial charge in [-0.1, -0.05) is 6.07 Å². The van der Waals surface area contributed by atoms with Gasteiger partial charge in [0.2, 0.25) is 0 Å². The minimum Gasteiger partial charge on any atom is -0.394 e. The Kier molecular flexibility index (Phi) is 3.56. The smallest absolute Gasteiger partial charge is 0.251 e. The maximum absolute atomic E-state index is 11.9. The summed E-state index contributed by atoms with van der Waals surface area (Å²) in [5.41, 5.74) is 1.10. The van der Waals surface area contributed by atoms with E-state index in [9.17, 15) is 9.90 Å². The first-order valence-corrected chi connectivity index (χ1v) is 5.84. The fraction of sp³-hybridized carbons (Fsp3) is 0.583. The van der Waals surface area contributed by atoms with Gasteiger partial charge in [-0.3, -0.25) is 4.79 Å². The highest BCUT2D eigenvalue weighted by Crippen LogP contribution is 2.37. The van der Waals surface area contributed by atoms with Gasteiger partial charge >= 0.3 is 0 Å². The molecular formula is C12H17ClN2O2. The summed E-state index contributed by atoms with van der Waals surface area (Å²) in [4.78, 5) is 11.9. The van der Waals surface area contributed by atoms with Gasteiger partial charge in [-0.15, -0.1) is 12.4 Å². The number of aromatic nitrogens is 1. The lowest BCUT2D eigenvalue weighted by Gasteiger charge is -2.42. The van der Waals surface area contributed by atoms with Gasteiger partial charge in [-0.25, -0.2) is 0 Å². The average Bonchev–Trinajstić information content (AvgIpc) is 2.31. The fourth-order valence-electron chi connectivity index (χ4n) is 3.14. The quantitative estimate of drug-likeness (QED) is 0.770. The van der Waals surface area contributed by atoms with E-state index in [2.05, 4.69) is 5.32 Å². The monoisotopic (exact) mass is 256 g/mol. The maximum atomic E-state index is 11.9. The molecule has 0 aliphatic carbocycles. The largest absolute Gasteiger partial charge is 0.394 e.